The quantitative estimate of drug-likeness (QED) is 0.0107. The molecule has 0 bridgehead atoms. The summed E-state index contributed by atoms with van der Waals surface area (Å²) in [5.41, 5.74) is -0.617. The topological polar surface area (TPSA) is 348 Å². The second-order valence-corrected chi connectivity index (χ2v) is 18.0. The van der Waals surface area contributed by atoms with E-state index in [0.29, 0.717) is 23.8 Å². The molecule has 0 amide bonds. The molecule has 25 nitrogen and oxygen atoms in total. The molecular weight excluding hydrogens is 919 g/mol. The summed E-state index contributed by atoms with van der Waals surface area (Å²) in [7, 11) is -10.5. The van der Waals surface area contributed by atoms with Gasteiger partial charge in [-0.3, -0.25) is 12.9 Å². The Labute approximate surface area is 346 Å². The molecule has 0 saturated carbocycles. The predicted molar refractivity (Wildman–Crippen MR) is 204 cm³/mol. The molecular formula is C28H29N5O20S6. The molecule has 0 radical (unpaired) electrons. The molecule has 0 aliphatic heterocycles. The summed E-state index contributed by atoms with van der Waals surface area (Å²) in [6.45, 7) is -0.852. The fourth-order valence-corrected chi connectivity index (χ4v) is 8.78. The van der Waals surface area contributed by atoms with Gasteiger partial charge in [-0.2, -0.15) is 8.42 Å². The van der Waals surface area contributed by atoms with Gasteiger partial charge in [-0.1, -0.05) is 15.1 Å². The lowest BCUT2D eigenvalue weighted by Gasteiger charge is -2.13. The summed E-state index contributed by atoms with van der Waals surface area (Å²) in [5, 5.41) is 66.5. The van der Waals surface area contributed by atoms with Gasteiger partial charge in [0.25, 0.3) is 10.1 Å². The van der Waals surface area contributed by atoms with Crippen molar-refractivity contribution in [3.05, 3.63) is 54.6 Å². The molecule has 0 heterocycles. The number of fused-ring (bicyclic) bond motifs is 1. The van der Waals surface area contributed by atoms with E-state index in [4.69, 9.17) is 28.9 Å². The minimum Gasteiger partial charge on any atom is -0.505 e. The van der Waals surface area contributed by atoms with Crippen molar-refractivity contribution in [1.29, 1.82) is 0 Å². The molecule has 59 heavy (non-hydrogen) atoms. The molecule has 4 aromatic carbocycles. The highest BCUT2D eigenvalue weighted by molar-refractivity contribution is 7.94. The predicted octanol–water partition coefficient (Wildman–Crippen LogP) is 6.65. The average Bonchev–Trinajstić information content (AvgIpc) is 3.20. The number of azo groups is 2. The SMILES string of the molecule is CNc1ccc2c(O)c(N=Nc3ccc(S(=O)(=O)CCOSOOO)cc3S(=O)(=O)O)c(SOOO)cc2c1N=Nc1cc(S(=O)(=O)CCOSOOO)ccc1OC. The maximum absolute atomic E-state index is 13.0. The van der Waals surface area contributed by atoms with Crippen LogP contribution in [0.15, 0.2) is 94.6 Å². The van der Waals surface area contributed by atoms with Gasteiger partial charge in [-0.05, 0) is 54.6 Å². The number of anilines is 1. The van der Waals surface area contributed by atoms with E-state index < -0.39 is 74.8 Å². The van der Waals surface area contributed by atoms with E-state index in [9.17, 15) is 34.9 Å². The second-order valence-electron chi connectivity index (χ2n) is 10.6. The van der Waals surface area contributed by atoms with Gasteiger partial charge in [0.1, 0.15) is 33.4 Å². The number of sulfone groups is 2. The van der Waals surface area contributed by atoms with E-state index in [0.717, 1.165) is 12.1 Å². The Hall–Kier alpha value is -3.84. The average molecular weight is 948 g/mol. The lowest BCUT2D eigenvalue weighted by atomic mass is 10.1. The number of aromatic hydroxyl groups is 1. The van der Waals surface area contributed by atoms with Crippen LogP contribution in [0.25, 0.3) is 10.8 Å². The number of ether oxygens (including phenoxy) is 1. The van der Waals surface area contributed by atoms with Crippen molar-refractivity contribution in [3.8, 4) is 11.5 Å². The van der Waals surface area contributed by atoms with Crippen molar-refractivity contribution in [1.82, 2.24) is 0 Å². The Morgan fingerprint density at radius 1 is 0.678 bits per heavy atom. The van der Waals surface area contributed by atoms with Crippen LogP contribution in [0.5, 0.6) is 11.5 Å². The Morgan fingerprint density at radius 2 is 1.25 bits per heavy atom. The second kappa shape index (κ2) is 22.1. The van der Waals surface area contributed by atoms with E-state index in [1.54, 1.807) is 7.05 Å². The van der Waals surface area contributed by atoms with Crippen LogP contribution < -0.4 is 10.1 Å². The number of hydrogen-bond donors (Lipinski definition) is 6. The summed E-state index contributed by atoms with van der Waals surface area (Å²) in [4.78, 5) is -1.87. The zero-order valence-corrected chi connectivity index (χ0v) is 34.5. The number of phenolic OH excluding ortho intramolecular Hbond substituents is 1. The van der Waals surface area contributed by atoms with Gasteiger partial charge in [-0.25, -0.2) is 32.6 Å². The number of benzene rings is 4. The fraction of sp³-hybridized carbons (Fsp3) is 0.214. The van der Waals surface area contributed by atoms with Crippen molar-refractivity contribution in [2.24, 2.45) is 20.5 Å². The van der Waals surface area contributed by atoms with Crippen LogP contribution in [0.2, 0.25) is 0 Å². The number of methoxy groups -OCH3 is 1. The molecule has 0 fully saturated rings. The van der Waals surface area contributed by atoms with Crippen molar-refractivity contribution >= 4 is 106 Å². The minimum atomic E-state index is -5.15. The van der Waals surface area contributed by atoms with Gasteiger partial charge >= 0.3 is 0 Å². The van der Waals surface area contributed by atoms with Crippen molar-refractivity contribution in [2.45, 2.75) is 19.6 Å². The van der Waals surface area contributed by atoms with E-state index in [1.165, 1.54) is 43.5 Å². The van der Waals surface area contributed by atoms with Gasteiger partial charge in [0.2, 0.25) is 0 Å². The largest absolute Gasteiger partial charge is 0.505 e. The summed E-state index contributed by atoms with van der Waals surface area (Å²) >= 11 is 0.626. The molecule has 0 aliphatic rings. The Morgan fingerprint density at radius 3 is 1.83 bits per heavy atom. The minimum absolute atomic E-state index is 0.0373. The molecule has 0 aromatic heterocycles. The molecule has 0 atom stereocenters. The van der Waals surface area contributed by atoms with Crippen molar-refractivity contribution in [3.63, 3.8) is 0 Å². The van der Waals surface area contributed by atoms with Gasteiger partial charge in [0, 0.05) is 17.8 Å². The van der Waals surface area contributed by atoms with Crippen LogP contribution in [0.4, 0.5) is 28.4 Å². The molecule has 0 unspecified atom stereocenters. The standard InChI is InChI=1S/C28H29N5O20S6/c1-29-21-7-5-18-19(26(21)32-31-22-13-16(4-8-23(22)45-2)57(38,39)11-9-46-55-52-49-36)15-24(54-51-48-35)27(28(18)34)33-30-20-6-3-17(14-25(20)59(42,43)44)58(40,41)12-10-47-56-53-50-37/h3-8,13-15,29,34-37H,9-12H2,1-2H3,(H,42,43,44). The fourth-order valence-electron chi connectivity index (χ4n) is 4.71. The highest BCUT2D eigenvalue weighted by Gasteiger charge is 2.24. The molecule has 0 spiro atoms. The monoisotopic (exact) mass is 947 g/mol. The van der Waals surface area contributed by atoms with Gasteiger partial charge < -0.3 is 15.2 Å². The third kappa shape index (κ3) is 12.8. The van der Waals surface area contributed by atoms with Crippen LogP contribution in [0, 0.1) is 0 Å². The van der Waals surface area contributed by atoms with Crippen LogP contribution >= 0.6 is 36.7 Å². The third-order valence-corrected chi connectivity index (χ3v) is 12.9. The van der Waals surface area contributed by atoms with E-state index in [1.807, 2.05) is 0 Å². The van der Waals surface area contributed by atoms with Gasteiger partial charge in [-0.15, -0.1) is 33.5 Å². The van der Waals surface area contributed by atoms with Crippen molar-refractivity contribution < 1.29 is 91.9 Å². The number of nitrogens with zero attached hydrogens (tertiary/aromatic N) is 4. The first-order valence-corrected chi connectivity index (χ1v) is 22.2. The molecule has 4 rings (SSSR count). The van der Waals surface area contributed by atoms with Gasteiger partial charge in [0.05, 0.1) is 64.2 Å². The normalized spacial score (nSPS) is 12.6. The first-order chi connectivity index (χ1) is 28.1. The molecule has 0 aliphatic carbocycles. The summed E-state index contributed by atoms with van der Waals surface area (Å²) in [6.07, 6.45) is 0. The highest BCUT2D eigenvalue weighted by Crippen LogP contribution is 2.48. The molecule has 0 saturated heterocycles. The Balaban J connectivity index is 1.78. The summed E-state index contributed by atoms with van der Waals surface area (Å²) in [5.74, 6) is -1.70. The summed E-state index contributed by atoms with van der Waals surface area (Å²) < 4.78 is 114. The molecule has 4 aromatic rings. The van der Waals surface area contributed by atoms with Crippen molar-refractivity contribution in [2.75, 3.05) is 44.2 Å². The Bertz CT molecular complexity index is 2490. The van der Waals surface area contributed by atoms with Crippen LogP contribution in [0.1, 0.15) is 0 Å². The number of hydrogen-bond acceptors (Lipinski definition) is 27. The number of rotatable bonds is 24. The first-order valence-electron chi connectivity index (χ1n) is 15.4. The maximum atomic E-state index is 13.0. The van der Waals surface area contributed by atoms with E-state index in [2.05, 4.69) is 53.9 Å². The third-order valence-electron chi connectivity index (χ3n) is 7.31. The number of nitrogens with one attached hydrogen (secondary N) is 1. The highest BCUT2D eigenvalue weighted by atomic mass is 32.2. The summed E-state index contributed by atoms with van der Waals surface area (Å²) in [6, 6.07) is 10.6. The van der Waals surface area contributed by atoms with Crippen LogP contribution in [-0.4, -0.2) is 89.6 Å². The zero-order chi connectivity index (χ0) is 43.2. The Kier molecular flexibility index (Phi) is 17.9. The van der Waals surface area contributed by atoms with Crippen LogP contribution in [0.3, 0.4) is 0 Å². The first kappa shape index (κ1) is 47.8. The lowest BCUT2D eigenvalue weighted by molar-refractivity contribution is -0.434. The zero-order valence-electron chi connectivity index (χ0n) is 29.6. The molecule has 6 N–H and O–H groups in total. The van der Waals surface area contributed by atoms with Crippen LogP contribution in [-0.2, 0) is 66.3 Å². The molecule has 322 valence electrons. The molecule has 31 heteroatoms. The smallest absolute Gasteiger partial charge is 0.296 e. The number of phenols is 1. The maximum Gasteiger partial charge on any atom is 0.296 e. The van der Waals surface area contributed by atoms with E-state index >= 15 is 0 Å². The lowest BCUT2D eigenvalue weighted by Crippen LogP contribution is -2.12. The van der Waals surface area contributed by atoms with Gasteiger partial charge in [0.15, 0.2) is 50.1 Å². The van der Waals surface area contributed by atoms with E-state index in [-0.39, 0.29) is 68.9 Å².